The Kier molecular flexibility index (Phi) is 10.4. The molecule has 0 aromatic rings. The standard InChI is InChI=1S/C16H30N4O4/c1-5-13(22)20-14(10(2)3)12(21)9-11(15(23)18-4)7-6-8-19-16(17)24/h10-11,14H,5-9H2,1-4H3,(H,18,23)(H,20,22)(H3,17,19,24)/t11-,14+/m1/s1. The molecular formula is C16H30N4O4. The molecular weight excluding hydrogens is 312 g/mol. The highest BCUT2D eigenvalue weighted by atomic mass is 16.2. The molecule has 5 N–H and O–H groups in total. The minimum absolute atomic E-state index is 0.0447. The Morgan fingerprint density at radius 1 is 1.12 bits per heavy atom. The summed E-state index contributed by atoms with van der Waals surface area (Å²) in [5, 5.41) is 7.72. The van der Waals surface area contributed by atoms with Crippen LogP contribution in [0, 0.1) is 11.8 Å². The molecule has 0 radical (unpaired) electrons. The molecule has 0 aliphatic heterocycles. The van der Waals surface area contributed by atoms with Gasteiger partial charge in [0.25, 0.3) is 0 Å². The number of nitrogens with one attached hydrogen (secondary N) is 3. The van der Waals surface area contributed by atoms with Gasteiger partial charge in [-0.1, -0.05) is 20.8 Å². The molecule has 8 nitrogen and oxygen atoms in total. The van der Waals surface area contributed by atoms with Crippen LogP contribution in [0.3, 0.4) is 0 Å². The molecule has 4 amide bonds. The lowest BCUT2D eigenvalue weighted by molar-refractivity contribution is -0.132. The first kappa shape index (κ1) is 21.9. The van der Waals surface area contributed by atoms with Crippen molar-refractivity contribution in [3.05, 3.63) is 0 Å². The molecule has 0 rings (SSSR count). The highest BCUT2D eigenvalue weighted by molar-refractivity contribution is 5.92. The van der Waals surface area contributed by atoms with Gasteiger partial charge in [-0.2, -0.15) is 0 Å². The third-order valence-corrected chi connectivity index (χ3v) is 3.74. The van der Waals surface area contributed by atoms with Crippen LogP contribution in [0.4, 0.5) is 4.79 Å². The molecule has 0 heterocycles. The van der Waals surface area contributed by atoms with E-state index in [-0.39, 0.29) is 29.9 Å². The van der Waals surface area contributed by atoms with Crippen molar-refractivity contribution in [2.75, 3.05) is 13.6 Å². The largest absolute Gasteiger partial charge is 0.359 e. The Labute approximate surface area is 143 Å². The summed E-state index contributed by atoms with van der Waals surface area (Å²) in [6.45, 7) is 5.77. The van der Waals surface area contributed by atoms with E-state index in [2.05, 4.69) is 16.0 Å². The van der Waals surface area contributed by atoms with Crippen molar-refractivity contribution in [1.29, 1.82) is 0 Å². The quantitative estimate of drug-likeness (QED) is 0.402. The minimum atomic E-state index is -0.621. The van der Waals surface area contributed by atoms with E-state index < -0.39 is 18.0 Å². The summed E-state index contributed by atoms with van der Waals surface area (Å²) >= 11 is 0. The van der Waals surface area contributed by atoms with Gasteiger partial charge < -0.3 is 21.7 Å². The van der Waals surface area contributed by atoms with Crippen LogP contribution in [-0.2, 0) is 14.4 Å². The summed E-state index contributed by atoms with van der Waals surface area (Å²) in [4.78, 5) is 46.7. The average molecular weight is 342 g/mol. The van der Waals surface area contributed by atoms with Crippen molar-refractivity contribution >= 4 is 23.6 Å². The van der Waals surface area contributed by atoms with Gasteiger partial charge in [0.15, 0.2) is 5.78 Å². The number of primary amides is 1. The van der Waals surface area contributed by atoms with Gasteiger partial charge in [-0.05, 0) is 18.8 Å². The number of rotatable bonds is 11. The molecule has 2 atom stereocenters. The van der Waals surface area contributed by atoms with Crippen LogP contribution < -0.4 is 21.7 Å². The number of urea groups is 1. The zero-order valence-electron chi connectivity index (χ0n) is 15.0. The summed E-state index contributed by atoms with van der Waals surface area (Å²) in [6.07, 6.45) is 1.32. The third-order valence-electron chi connectivity index (χ3n) is 3.74. The molecule has 0 unspecified atom stereocenters. The molecule has 0 aromatic heterocycles. The van der Waals surface area contributed by atoms with E-state index >= 15 is 0 Å². The maximum Gasteiger partial charge on any atom is 0.312 e. The maximum atomic E-state index is 12.5. The number of ketones is 1. The Morgan fingerprint density at radius 3 is 2.21 bits per heavy atom. The van der Waals surface area contributed by atoms with Crippen molar-refractivity contribution in [3.8, 4) is 0 Å². The summed E-state index contributed by atoms with van der Waals surface area (Å²) in [6, 6.07) is -1.22. The van der Waals surface area contributed by atoms with E-state index in [4.69, 9.17) is 5.73 Å². The second kappa shape index (κ2) is 11.4. The predicted octanol–water partition coefficient (Wildman–Crippen LogP) is 0.307. The zero-order valence-corrected chi connectivity index (χ0v) is 15.0. The molecule has 138 valence electrons. The number of nitrogens with two attached hydrogens (primary N) is 1. The van der Waals surface area contributed by atoms with E-state index in [0.717, 1.165) is 0 Å². The van der Waals surface area contributed by atoms with E-state index in [1.165, 1.54) is 7.05 Å². The van der Waals surface area contributed by atoms with Crippen LogP contribution in [0.15, 0.2) is 0 Å². The monoisotopic (exact) mass is 342 g/mol. The van der Waals surface area contributed by atoms with Crippen LogP contribution in [0.25, 0.3) is 0 Å². The Balaban J connectivity index is 4.78. The first-order chi connectivity index (χ1) is 11.2. The van der Waals surface area contributed by atoms with Crippen LogP contribution in [0.5, 0.6) is 0 Å². The number of carbonyl (C=O) groups is 4. The van der Waals surface area contributed by atoms with Crippen LogP contribution in [-0.4, -0.2) is 43.3 Å². The van der Waals surface area contributed by atoms with Gasteiger partial charge in [0.05, 0.1) is 6.04 Å². The lowest BCUT2D eigenvalue weighted by Crippen LogP contribution is -2.45. The topological polar surface area (TPSA) is 130 Å². The molecule has 0 bridgehead atoms. The fraction of sp³-hybridized carbons (Fsp3) is 0.750. The summed E-state index contributed by atoms with van der Waals surface area (Å²) in [5.41, 5.74) is 4.98. The molecule has 0 fully saturated rings. The second-order valence-corrected chi connectivity index (χ2v) is 6.06. The third kappa shape index (κ3) is 8.50. The Bertz CT molecular complexity index is 451. The van der Waals surface area contributed by atoms with Crippen molar-refractivity contribution in [2.45, 2.75) is 52.5 Å². The SMILES string of the molecule is CCC(=O)N[C@H](C(=O)C[C@@H](CCCNC(N)=O)C(=O)NC)C(C)C. The molecule has 8 heteroatoms. The number of hydrogen-bond acceptors (Lipinski definition) is 4. The zero-order chi connectivity index (χ0) is 18.7. The van der Waals surface area contributed by atoms with Gasteiger partial charge in [-0.15, -0.1) is 0 Å². The van der Waals surface area contributed by atoms with Gasteiger partial charge in [-0.3, -0.25) is 14.4 Å². The first-order valence-corrected chi connectivity index (χ1v) is 8.29. The van der Waals surface area contributed by atoms with Crippen molar-refractivity contribution in [1.82, 2.24) is 16.0 Å². The van der Waals surface area contributed by atoms with E-state index in [0.29, 0.717) is 25.8 Å². The Hall–Kier alpha value is -2.12. The predicted molar refractivity (Wildman–Crippen MR) is 91.1 cm³/mol. The van der Waals surface area contributed by atoms with Crippen molar-refractivity contribution in [3.63, 3.8) is 0 Å². The van der Waals surface area contributed by atoms with Crippen molar-refractivity contribution < 1.29 is 19.2 Å². The van der Waals surface area contributed by atoms with E-state index in [9.17, 15) is 19.2 Å². The highest BCUT2D eigenvalue weighted by Gasteiger charge is 2.28. The van der Waals surface area contributed by atoms with Crippen LogP contribution >= 0.6 is 0 Å². The maximum absolute atomic E-state index is 12.5. The second-order valence-electron chi connectivity index (χ2n) is 6.06. The number of amides is 4. The minimum Gasteiger partial charge on any atom is -0.359 e. The average Bonchev–Trinajstić information content (AvgIpc) is 2.53. The number of Topliss-reactive ketones (excluding diaryl/α,β-unsaturated/α-hetero) is 1. The number of hydrogen-bond donors (Lipinski definition) is 4. The summed E-state index contributed by atoms with van der Waals surface area (Å²) in [7, 11) is 1.51. The smallest absolute Gasteiger partial charge is 0.312 e. The fourth-order valence-electron chi connectivity index (χ4n) is 2.35. The molecule has 0 aliphatic rings. The molecule has 0 spiro atoms. The molecule has 0 aliphatic carbocycles. The fourth-order valence-corrected chi connectivity index (χ4v) is 2.35. The van der Waals surface area contributed by atoms with Gasteiger partial charge in [0.1, 0.15) is 0 Å². The first-order valence-electron chi connectivity index (χ1n) is 8.29. The van der Waals surface area contributed by atoms with Crippen LogP contribution in [0.1, 0.15) is 46.5 Å². The van der Waals surface area contributed by atoms with Crippen molar-refractivity contribution in [2.24, 2.45) is 17.6 Å². The summed E-state index contributed by atoms with van der Waals surface area (Å²) < 4.78 is 0. The van der Waals surface area contributed by atoms with Gasteiger partial charge in [0.2, 0.25) is 11.8 Å². The molecule has 0 saturated heterocycles. The number of carbonyl (C=O) groups excluding carboxylic acids is 4. The highest BCUT2D eigenvalue weighted by Crippen LogP contribution is 2.16. The Morgan fingerprint density at radius 2 is 1.75 bits per heavy atom. The lowest BCUT2D eigenvalue weighted by atomic mass is 9.89. The molecule has 0 aromatic carbocycles. The normalized spacial score (nSPS) is 13.0. The van der Waals surface area contributed by atoms with Crippen LogP contribution in [0.2, 0.25) is 0 Å². The van der Waals surface area contributed by atoms with E-state index in [1.807, 2.05) is 13.8 Å². The lowest BCUT2D eigenvalue weighted by Gasteiger charge is -2.23. The van der Waals surface area contributed by atoms with Gasteiger partial charge >= 0.3 is 6.03 Å². The van der Waals surface area contributed by atoms with Gasteiger partial charge in [-0.25, -0.2) is 4.79 Å². The van der Waals surface area contributed by atoms with Gasteiger partial charge in [0, 0.05) is 32.4 Å². The van der Waals surface area contributed by atoms with E-state index in [1.54, 1.807) is 6.92 Å². The molecule has 24 heavy (non-hydrogen) atoms. The molecule has 0 saturated carbocycles. The summed E-state index contributed by atoms with van der Waals surface area (Å²) in [5.74, 6) is -1.15.